The highest BCUT2D eigenvalue weighted by Gasteiger charge is 2.22. The molecule has 1 atom stereocenters. The third kappa shape index (κ3) is 4.36. The molecule has 0 radical (unpaired) electrons. The van der Waals surface area contributed by atoms with Crippen LogP contribution in [0.15, 0.2) is 24.3 Å². The zero-order valence-corrected chi connectivity index (χ0v) is 14.9. The van der Waals surface area contributed by atoms with Gasteiger partial charge < -0.3 is 15.2 Å². The van der Waals surface area contributed by atoms with Crippen LogP contribution in [0.1, 0.15) is 56.5 Å². The Balaban J connectivity index is 1.60. The van der Waals surface area contributed by atoms with Gasteiger partial charge in [0.05, 0.1) is 18.3 Å². The molecular weight excluding hydrogens is 340 g/mol. The number of thiazole rings is 1. The van der Waals surface area contributed by atoms with E-state index in [1.54, 1.807) is 38.1 Å². The Labute approximate surface area is 149 Å². The molecule has 0 spiro atoms. The van der Waals surface area contributed by atoms with Crippen molar-refractivity contribution in [3.63, 3.8) is 0 Å². The normalized spacial score (nSPS) is 14.8. The van der Waals surface area contributed by atoms with Crippen molar-refractivity contribution in [1.82, 2.24) is 10.3 Å². The number of nitrogens with one attached hydrogen (secondary N) is 1. The number of amides is 1. The standard InChI is InChI=1S/C18H20N2O4S/c1-10-15(18(22)23)25-17(20-10)11(2)19-16(21)13-5-7-14(8-6-13)24-9-12-3-4-12/h5-8,11-12H,3-4,9H2,1-2H3,(H,19,21)(H,22,23). The van der Waals surface area contributed by atoms with Crippen molar-refractivity contribution in [3.8, 4) is 5.75 Å². The van der Waals surface area contributed by atoms with Crippen molar-refractivity contribution < 1.29 is 19.4 Å². The topological polar surface area (TPSA) is 88.5 Å². The average molecular weight is 360 g/mol. The highest BCUT2D eigenvalue weighted by molar-refractivity contribution is 7.13. The van der Waals surface area contributed by atoms with E-state index >= 15 is 0 Å². The maximum atomic E-state index is 12.4. The maximum Gasteiger partial charge on any atom is 0.347 e. The Morgan fingerprint density at radius 3 is 2.60 bits per heavy atom. The first-order chi connectivity index (χ1) is 11.9. The predicted octanol–water partition coefficient (Wildman–Crippen LogP) is 3.43. The van der Waals surface area contributed by atoms with Gasteiger partial charge in [0.25, 0.3) is 5.91 Å². The van der Waals surface area contributed by atoms with E-state index in [0.29, 0.717) is 22.2 Å². The van der Waals surface area contributed by atoms with Gasteiger partial charge in [0.1, 0.15) is 15.6 Å². The third-order valence-corrected chi connectivity index (χ3v) is 5.35. The van der Waals surface area contributed by atoms with E-state index in [1.165, 1.54) is 12.8 Å². The van der Waals surface area contributed by atoms with Crippen molar-refractivity contribution in [1.29, 1.82) is 0 Å². The predicted molar refractivity (Wildman–Crippen MR) is 94.4 cm³/mol. The lowest BCUT2D eigenvalue weighted by Crippen LogP contribution is -2.26. The quantitative estimate of drug-likeness (QED) is 0.790. The molecule has 3 rings (SSSR count). The molecular formula is C18H20N2O4S. The summed E-state index contributed by atoms with van der Waals surface area (Å²) in [6.45, 7) is 4.17. The van der Waals surface area contributed by atoms with E-state index in [9.17, 15) is 9.59 Å². The van der Waals surface area contributed by atoms with Crippen molar-refractivity contribution in [2.75, 3.05) is 6.61 Å². The van der Waals surface area contributed by atoms with Gasteiger partial charge in [0.15, 0.2) is 0 Å². The lowest BCUT2D eigenvalue weighted by molar-refractivity contribution is 0.0701. The molecule has 1 aromatic heterocycles. The van der Waals surface area contributed by atoms with Gasteiger partial charge in [-0.25, -0.2) is 9.78 Å². The molecule has 0 saturated heterocycles. The number of carboxylic acids is 1. The molecule has 1 fully saturated rings. The number of aryl methyl sites for hydroxylation is 1. The molecule has 2 aromatic rings. The van der Waals surface area contributed by atoms with Crippen LogP contribution in [0.4, 0.5) is 0 Å². The van der Waals surface area contributed by atoms with Crippen LogP contribution in [0.3, 0.4) is 0 Å². The second-order valence-corrected chi connectivity index (χ2v) is 7.28. The minimum atomic E-state index is -0.999. The van der Waals surface area contributed by atoms with Crippen LogP contribution >= 0.6 is 11.3 Å². The number of carboxylic acid groups (broad SMARTS) is 1. The zero-order valence-electron chi connectivity index (χ0n) is 14.1. The summed E-state index contributed by atoms with van der Waals surface area (Å²) in [5.74, 6) is 0.215. The molecule has 1 aliphatic rings. The highest BCUT2D eigenvalue weighted by Crippen LogP contribution is 2.29. The molecule has 0 bridgehead atoms. The SMILES string of the molecule is Cc1nc(C(C)NC(=O)c2ccc(OCC3CC3)cc2)sc1C(=O)O. The third-order valence-electron chi connectivity index (χ3n) is 4.02. The van der Waals surface area contributed by atoms with Crippen molar-refractivity contribution >= 4 is 23.2 Å². The van der Waals surface area contributed by atoms with Crippen LogP contribution in [-0.2, 0) is 0 Å². The Morgan fingerprint density at radius 1 is 1.36 bits per heavy atom. The van der Waals surface area contributed by atoms with Crippen molar-refractivity contribution in [2.24, 2.45) is 5.92 Å². The average Bonchev–Trinajstić information content (AvgIpc) is 3.33. The largest absolute Gasteiger partial charge is 0.493 e. The minimum Gasteiger partial charge on any atom is -0.493 e. The summed E-state index contributed by atoms with van der Waals surface area (Å²) in [4.78, 5) is 27.9. The van der Waals surface area contributed by atoms with Gasteiger partial charge in [0, 0.05) is 5.56 Å². The lowest BCUT2D eigenvalue weighted by Gasteiger charge is -2.12. The Morgan fingerprint density at radius 2 is 2.04 bits per heavy atom. The van der Waals surface area contributed by atoms with Gasteiger partial charge in [0.2, 0.25) is 0 Å². The number of benzene rings is 1. The fraction of sp³-hybridized carbons (Fsp3) is 0.389. The number of aromatic carboxylic acids is 1. The van der Waals surface area contributed by atoms with Gasteiger partial charge >= 0.3 is 5.97 Å². The van der Waals surface area contributed by atoms with Crippen LogP contribution in [0, 0.1) is 12.8 Å². The molecule has 1 unspecified atom stereocenters. The maximum absolute atomic E-state index is 12.4. The van der Waals surface area contributed by atoms with Crippen LogP contribution in [0.5, 0.6) is 5.75 Å². The summed E-state index contributed by atoms with van der Waals surface area (Å²) >= 11 is 1.09. The number of rotatable bonds is 7. The number of ether oxygens (including phenoxy) is 1. The monoisotopic (exact) mass is 360 g/mol. The first-order valence-electron chi connectivity index (χ1n) is 8.18. The molecule has 1 heterocycles. The second-order valence-electron chi connectivity index (χ2n) is 6.25. The molecule has 2 N–H and O–H groups in total. The van der Waals surface area contributed by atoms with Crippen molar-refractivity contribution in [2.45, 2.75) is 32.7 Å². The molecule has 25 heavy (non-hydrogen) atoms. The molecule has 1 saturated carbocycles. The summed E-state index contributed by atoms with van der Waals surface area (Å²) in [5.41, 5.74) is 0.989. The van der Waals surface area contributed by atoms with Crippen molar-refractivity contribution in [3.05, 3.63) is 45.4 Å². The fourth-order valence-electron chi connectivity index (χ4n) is 2.34. The van der Waals surface area contributed by atoms with Crippen LogP contribution < -0.4 is 10.1 Å². The smallest absolute Gasteiger partial charge is 0.347 e. The number of carbonyl (C=O) groups excluding carboxylic acids is 1. The van der Waals surface area contributed by atoms with Gasteiger partial charge in [-0.15, -0.1) is 11.3 Å². The molecule has 132 valence electrons. The summed E-state index contributed by atoms with van der Waals surface area (Å²) < 4.78 is 5.66. The molecule has 0 aliphatic heterocycles. The minimum absolute atomic E-state index is 0.202. The fourth-order valence-corrected chi connectivity index (χ4v) is 3.25. The Kier molecular flexibility index (Phi) is 5.03. The van der Waals surface area contributed by atoms with Gasteiger partial charge in [-0.05, 0) is 56.9 Å². The van der Waals surface area contributed by atoms with E-state index < -0.39 is 5.97 Å². The van der Waals surface area contributed by atoms with E-state index in [-0.39, 0.29) is 16.8 Å². The molecule has 6 nitrogen and oxygen atoms in total. The van der Waals surface area contributed by atoms with Gasteiger partial charge in [-0.1, -0.05) is 0 Å². The number of nitrogens with zero attached hydrogens (tertiary/aromatic N) is 1. The summed E-state index contributed by atoms with van der Waals surface area (Å²) in [6.07, 6.45) is 2.47. The second kappa shape index (κ2) is 7.23. The van der Waals surface area contributed by atoms with Gasteiger partial charge in [-0.3, -0.25) is 4.79 Å². The highest BCUT2D eigenvalue weighted by atomic mass is 32.1. The molecule has 1 aliphatic carbocycles. The van der Waals surface area contributed by atoms with E-state index in [1.807, 2.05) is 0 Å². The Bertz CT molecular complexity index is 781. The Hall–Kier alpha value is -2.41. The van der Waals surface area contributed by atoms with E-state index in [0.717, 1.165) is 23.7 Å². The van der Waals surface area contributed by atoms with Gasteiger partial charge in [-0.2, -0.15) is 0 Å². The zero-order chi connectivity index (χ0) is 18.0. The van der Waals surface area contributed by atoms with E-state index in [2.05, 4.69) is 10.3 Å². The summed E-state index contributed by atoms with van der Waals surface area (Å²) in [6, 6.07) is 6.66. The number of carbonyl (C=O) groups is 2. The van der Waals surface area contributed by atoms with Crippen LogP contribution in [0.25, 0.3) is 0 Å². The van der Waals surface area contributed by atoms with E-state index in [4.69, 9.17) is 9.84 Å². The first kappa shape index (κ1) is 17.4. The number of aromatic nitrogens is 1. The van der Waals surface area contributed by atoms with Crippen LogP contribution in [0.2, 0.25) is 0 Å². The van der Waals surface area contributed by atoms with Crippen LogP contribution in [-0.4, -0.2) is 28.6 Å². The lowest BCUT2D eigenvalue weighted by atomic mass is 10.2. The molecule has 7 heteroatoms. The summed E-state index contributed by atoms with van der Waals surface area (Å²) in [7, 11) is 0. The number of hydrogen-bond donors (Lipinski definition) is 2. The molecule has 1 aromatic carbocycles. The summed E-state index contributed by atoms with van der Waals surface area (Å²) in [5, 5.41) is 12.5. The molecule has 1 amide bonds. The number of hydrogen-bond acceptors (Lipinski definition) is 5. The first-order valence-corrected chi connectivity index (χ1v) is 9.00.